The number of fused-ring (bicyclic) bond motifs is 2. The van der Waals surface area contributed by atoms with Gasteiger partial charge in [-0.15, -0.1) is 0 Å². The average Bonchev–Trinajstić information content (AvgIpc) is 3.33. The maximum absolute atomic E-state index is 6.42. The van der Waals surface area contributed by atoms with Gasteiger partial charge in [0.25, 0.3) is 0 Å². The van der Waals surface area contributed by atoms with Crippen LogP contribution in [-0.4, -0.2) is 36.0 Å². The molecule has 23 heavy (non-hydrogen) atoms. The van der Waals surface area contributed by atoms with Gasteiger partial charge in [0.1, 0.15) is 11.4 Å². The van der Waals surface area contributed by atoms with Crippen LogP contribution in [0.25, 0.3) is 0 Å². The van der Waals surface area contributed by atoms with Crippen LogP contribution in [0.3, 0.4) is 0 Å². The van der Waals surface area contributed by atoms with E-state index in [9.17, 15) is 0 Å². The Bertz CT molecular complexity index is 664. The smallest absolute Gasteiger partial charge is 0.129 e. The second-order valence-electron chi connectivity index (χ2n) is 7.53. The van der Waals surface area contributed by atoms with Crippen LogP contribution >= 0.6 is 11.6 Å². The minimum Gasteiger partial charge on any atom is -0.300 e. The topological polar surface area (TPSA) is 36.9 Å². The van der Waals surface area contributed by atoms with Gasteiger partial charge in [-0.25, -0.2) is 4.99 Å². The predicted molar refractivity (Wildman–Crippen MR) is 91.3 cm³/mol. The van der Waals surface area contributed by atoms with Gasteiger partial charge in [-0.2, -0.15) is 0 Å². The summed E-state index contributed by atoms with van der Waals surface area (Å²) in [4.78, 5) is 13.3. The number of aliphatic imine (C=N–C) groups is 1. The zero-order chi connectivity index (χ0) is 15.4. The van der Waals surface area contributed by atoms with E-state index in [2.05, 4.69) is 22.5 Å². The number of hydrogen-bond acceptors (Lipinski definition) is 3. The van der Waals surface area contributed by atoms with E-state index in [1.807, 2.05) is 6.07 Å². The van der Waals surface area contributed by atoms with Crippen molar-refractivity contribution in [1.82, 2.24) is 10.4 Å². The maximum Gasteiger partial charge on any atom is 0.129 e. The Morgan fingerprint density at radius 3 is 2.70 bits per heavy atom. The summed E-state index contributed by atoms with van der Waals surface area (Å²) in [6, 6.07) is 6.21. The molecular weight excluding hydrogens is 310 g/mol. The molecule has 1 N–H and O–H groups in total. The molecule has 0 amide bonds. The van der Waals surface area contributed by atoms with Gasteiger partial charge in [-0.1, -0.05) is 17.7 Å². The quantitative estimate of drug-likeness (QED) is 0.899. The molecule has 4 aliphatic heterocycles. The van der Waals surface area contributed by atoms with Crippen molar-refractivity contribution < 1.29 is 4.84 Å². The van der Waals surface area contributed by atoms with Crippen LogP contribution in [0.15, 0.2) is 23.2 Å². The van der Waals surface area contributed by atoms with E-state index < -0.39 is 0 Å². The molecule has 4 nitrogen and oxygen atoms in total. The first kappa shape index (κ1) is 14.3. The highest BCUT2D eigenvalue weighted by Gasteiger charge is 2.52. The number of nitrogens with one attached hydrogen (secondary N) is 1. The summed E-state index contributed by atoms with van der Waals surface area (Å²) >= 11 is 6.42. The third kappa shape index (κ3) is 2.48. The van der Waals surface area contributed by atoms with Crippen molar-refractivity contribution >= 4 is 23.1 Å². The van der Waals surface area contributed by atoms with Gasteiger partial charge in [0.05, 0.1) is 5.69 Å². The lowest BCUT2D eigenvalue weighted by molar-refractivity contribution is -0.150. The van der Waals surface area contributed by atoms with Crippen LogP contribution in [-0.2, 0) is 4.84 Å². The van der Waals surface area contributed by atoms with Gasteiger partial charge in [0.15, 0.2) is 0 Å². The molecule has 5 fully saturated rings. The fourth-order valence-corrected chi connectivity index (χ4v) is 4.82. The highest BCUT2D eigenvalue weighted by Crippen LogP contribution is 2.45. The number of rotatable bonds is 2. The first-order chi connectivity index (χ1) is 11.2. The summed E-state index contributed by atoms with van der Waals surface area (Å²) in [7, 11) is 0. The molecule has 122 valence electrons. The van der Waals surface area contributed by atoms with E-state index in [0.29, 0.717) is 11.8 Å². The fraction of sp³-hybridized carbons (Fsp3) is 0.611. The molecule has 1 saturated carbocycles. The molecule has 1 aromatic carbocycles. The van der Waals surface area contributed by atoms with Crippen LogP contribution < -0.4 is 5.48 Å². The van der Waals surface area contributed by atoms with Crippen LogP contribution in [0.1, 0.15) is 43.6 Å². The van der Waals surface area contributed by atoms with Gasteiger partial charge in [0.2, 0.25) is 0 Å². The Kier molecular flexibility index (Phi) is 3.22. The molecule has 4 saturated heterocycles. The van der Waals surface area contributed by atoms with Crippen molar-refractivity contribution in [3.63, 3.8) is 0 Å². The Morgan fingerprint density at radius 2 is 2.04 bits per heavy atom. The summed E-state index contributed by atoms with van der Waals surface area (Å²) < 4.78 is 0. The number of hydroxylamine groups is 1. The zero-order valence-corrected chi connectivity index (χ0v) is 14.0. The van der Waals surface area contributed by atoms with Crippen molar-refractivity contribution in [2.24, 2.45) is 10.9 Å². The van der Waals surface area contributed by atoms with Crippen molar-refractivity contribution in [1.29, 1.82) is 0 Å². The highest BCUT2D eigenvalue weighted by atomic mass is 35.5. The molecule has 0 aromatic heterocycles. The van der Waals surface area contributed by atoms with Crippen LogP contribution in [0.4, 0.5) is 5.69 Å². The zero-order valence-electron chi connectivity index (χ0n) is 13.2. The fourth-order valence-electron chi connectivity index (χ4n) is 4.49. The van der Waals surface area contributed by atoms with Crippen LogP contribution in [0, 0.1) is 5.92 Å². The lowest BCUT2D eigenvalue weighted by Gasteiger charge is -2.49. The Morgan fingerprint density at radius 1 is 1.22 bits per heavy atom. The normalized spacial score (nSPS) is 37.5. The number of halogens is 1. The number of hydrogen-bond donors (Lipinski definition) is 1. The molecule has 1 unspecified atom stereocenters. The maximum atomic E-state index is 6.42. The van der Waals surface area contributed by atoms with Crippen molar-refractivity contribution in [3.8, 4) is 0 Å². The number of nitrogens with zero attached hydrogens (tertiary/aromatic N) is 2. The Hall–Kier alpha value is -1.10. The summed E-state index contributed by atoms with van der Waals surface area (Å²) in [5, 5.41) is 0.853. The van der Waals surface area contributed by atoms with Crippen LogP contribution in [0.2, 0.25) is 5.02 Å². The van der Waals surface area contributed by atoms with E-state index in [1.54, 1.807) is 0 Å². The lowest BCUT2D eigenvalue weighted by atomic mass is 9.74. The Labute approximate surface area is 141 Å². The van der Waals surface area contributed by atoms with Crippen molar-refractivity contribution in [2.45, 2.75) is 43.6 Å². The minimum absolute atomic E-state index is 0.0624. The monoisotopic (exact) mass is 331 g/mol. The molecule has 1 aromatic rings. The predicted octanol–water partition coefficient (Wildman–Crippen LogP) is 3.64. The highest BCUT2D eigenvalue weighted by molar-refractivity contribution is 6.31. The molecule has 1 atom stereocenters. The van der Waals surface area contributed by atoms with Gasteiger partial charge in [-0.05, 0) is 68.3 Å². The number of piperidine rings is 3. The third-order valence-electron chi connectivity index (χ3n) is 5.93. The van der Waals surface area contributed by atoms with Crippen LogP contribution in [0.5, 0.6) is 0 Å². The standard InChI is InChI=1S/C18H22ClN3O/c19-16-9-14(3-4-15(16)12-1-2-12)20-17-10-18(23-21-17)11-22-7-5-13(18)6-8-22/h3-4,9,12-13H,1-2,5-8,10-11H2,(H,20,21). The van der Waals surface area contributed by atoms with E-state index in [4.69, 9.17) is 21.4 Å². The SMILES string of the molecule is Clc1cc(N=C2CC3(CN4CCC3CC4)ON2)ccc1C1CC1. The summed E-state index contributed by atoms with van der Waals surface area (Å²) in [5.41, 5.74) is 5.24. The number of amidine groups is 1. The van der Waals surface area contributed by atoms with Gasteiger partial charge in [0, 0.05) is 18.0 Å². The Balaban J connectivity index is 1.36. The van der Waals surface area contributed by atoms with Gasteiger partial charge < -0.3 is 4.90 Å². The van der Waals surface area contributed by atoms with E-state index in [1.165, 1.54) is 44.3 Å². The lowest BCUT2D eigenvalue weighted by Crippen LogP contribution is -2.59. The third-order valence-corrected chi connectivity index (χ3v) is 6.25. The van der Waals surface area contributed by atoms with Crippen molar-refractivity contribution in [3.05, 3.63) is 28.8 Å². The molecular formula is C18H22ClN3O. The molecule has 2 bridgehead atoms. The molecule has 1 aliphatic carbocycles. The second kappa shape index (κ2) is 5.20. The minimum atomic E-state index is -0.0624. The van der Waals surface area contributed by atoms with E-state index in [0.717, 1.165) is 29.5 Å². The first-order valence-electron chi connectivity index (χ1n) is 8.75. The molecule has 5 aliphatic rings. The van der Waals surface area contributed by atoms with Gasteiger partial charge >= 0.3 is 0 Å². The molecule has 1 spiro atoms. The van der Waals surface area contributed by atoms with E-state index >= 15 is 0 Å². The summed E-state index contributed by atoms with van der Waals surface area (Å²) in [5.74, 6) is 2.27. The number of benzene rings is 1. The molecule has 0 radical (unpaired) electrons. The molecule has 5 heteroatoms. The van der Waals surface area contributed by atoms with E-state index in [-0.39, 0.29) is 5.60 Å². The first-order valence-corrected chi connectivity index (χ1v) is 9.13. The second-order valence-corrected chi connectivity index (χ2v) is 7.94. The largest absolute Gasteiger partial charge is 0.300 e. The molecule has 6 rings (SSSR count). The summed E-state index contributed by atoms with van der Waals surface area (Å²) in [6.07, 6.45) is 5.91. The summed E-state index contributed by atoms with van der Waals surface area (Å²) in [6.45, 7) is 3.48. The van der Waals surface area contributed by atoms with Gasteiger partial charge in [-0.3, -0.25) is 10.3 Å². The average molecular weight is 332 g/mol. The van der Waals surface area contributed by atoms with Crippen molar-refractivity contribution in [2.75, 3.05) is 19.6 Å². The molecule has 4 heterocycles.